The van der Waals surface area contributed by atoms with Crippen molar-refractivity contribution in [3.63, 3.8) is 0 Å². The van der Waals surface area contributed by atoms with Gasteiger partial charge in [-0.2, -0.15) is 0 Å². The van der Waals surface area contributed by atoms with E-state index < -0.39 is 0 Å². The molecule has 3 rings (SSSR count). The molecule has 1 saturated heterocycles. The fourth-order valence-electron chi connectivity index (χ4n) is 3.30. The van der Waals surface area contributed by atoms with E-state index in [1.165, 1.54) is 11.1 Å². The van der Waals surface area contributed by atoms with Gasteiger partial charge in [0.1, 0.15) is 0 Å². The Labute approximate surface area is 115 Å². The lowest BCUT2D eigenvalue weighted by Gasteiger charge is -2.36. The highest BCUT2D eigenvalue weighted by Crippen LogP contribution is 2.25. The summed E-state index contributed by atoms with van der Waals surface area (Å²) in [6.07, 6.45) is 2.25. The Hall–Kier alpha value is -1.35. The monoisotopic (exact) mass is 258 g/mol. The molecule has 1 amide bonds. The predicted molar refractivity (Wildman–Crippen MR) is 75.9 cm³/mol. The zero-order chi connectivity index (χ0) is 13.4. The second-order valence-corrected chi connectivity index (χ2v) is 6.06. The third-order valence-electron chi connectivity index (χ3n) is 4.48. The molecule has 1 fully saturated rings. The Kier molecular flexibility index (Phi) is 3.31. The van der Waals surface area contributed by atoms with Gasteiger partial charge in [-0.05, 0) is 48.9 Å². The van der Waals surface area contributed by atoms with Gasteiger partial charge in [0.2, 0.25) is 0 Å². The molecular weight excluding hydrogens is 236 g/mol. The van der Waals surface area contributed by atoms with Gasteiger partial charge in [-0.25, -0.2) is 0 Å². The van der Waals surface area contributed by atoms with Gasteiger partial charge in [0.15, 0.2) is 0 Å². The Balaban J connectivity index is 1.80. The number of nitrogens with zero attached hydrogens (tertiary/aromatic N) is 1. The number of amides is 1. The maximum Gasteiger partial charge on any atom is 0.254 e. The maximum absolute atomic E-state index is 12.6. The summed E-state index contributed by atoms with van der Waals surface area (Å²) in [5, 5.41) is 3.32. The van der Waals surface area contributed by atoms with Crippen LogP contribution in [0.1, 0.15) is 48.2 Å². The highest BCUT2D eigenvalue weighted by molar-refractivity contribution is 5.94. The predicted octanol–water partition coefficient (Wildman–Crippen LogP) is 2.55. The minimum atomic E-state index is 0.203. The molecule has 0 bridgehead atoms. The van der Waals surface area contributed by atoms with Crippen LogP contribution in [-0.2, 0) is 13.1 Å². The Bertz CT molecular complexity index is 498. The average Bonchev–Trinajstić information content (AvgIpc) is 2.85. The molecular formula is C16H22N2O. The summed E-state index contributed by atoms with van der Waals surface area (Å²) in [7, 11) is 0. The van der Waals surface area contributed by atoms with Crippen molar-refractivity contribution in [2.75, 3.05) is 6.54 Å². The first-order valence-electron chi connectivity index (χ1n) is 7.28. The van der Waals surface area contributed by atoms with E-state index in [2.05, 4.69) is 31.3 Å². The molecule has 2 atom stereocenters. The quantitative estimate of drug-likeness (QED) is 0.839. The zero-order valence-electron chi connectivity index (χ0n) is 11.8. The number of likely N-dealkylation sites (tertiary alicyclic amines) is 1. The molecule has 0 aromatic heterocycles. The number of carbonyl (C=O) groups excluding carboxylic acids is 1. The molecule has 0 radical (unpaired) electrons. The largest absolute Gasteiger partial charge is 0.336 e. The second-order valence-electron chi connectivity index (χ2n) is 6.06. The van der Waals surface area contributed by atoms with E-state index in [4.69, 9.17) is 0 Å². The summed E-state index contributed by atoms with van der Waals surface area (Å²) in [4.78, 5) is 14.7. The fourth-order valence-corrected chi connectivity index (χ4v) is 3.30. The molecule has 3 nitrogen and oxygen atoms in total. The van der Waals surface area contributed by atoms with E-state index in [0.717, 1.165) is 44.0 Å². The number of carbonyl (C=O) groups is 1. The highest BCUT2D eigenvalue weighted by atomic mass is 16.2. The van der Waals surface area contributed by atoms with Crippen molar-refractivity contribution < 1.29 is 4.79 Å². The molecule has 2 unspecified atom stereocenters. The Morgan fingerprint density at radius 2 is 2.05 bits per heavy atom. The van der Waals surface area contributed by atoms with E-state index in [1.807, 2.05) is 11.0 Å². The van der Waals surface area contributed by atoms with Crippen molar-refractivity contribution in [3.8, 4) is 0 Å². The zero-order valence-corrected chi connectivity index (χ0v) is 11.8. The first-order chi connectivity index (χ1) is 9.15. The van der Waals surface area contributed by atoms with Crippen LogP contribution in [0, 0.1) is 5.92 Å². The minimum absolute atomic E-state index is 0.203. The average molecular weight is 258 g/mol. The van der Waals surface area contributed by atoms with Gasteiger partial charge in [0.25, 0.3) is 5.91 Å². The molecule has 1 aromatic carbocycles. The van der Waals surface area contributed by atoms with Gasteiger partial charge in [-0.1, -0.05) is 13.0 Å². The summed E-state index contributed by atoms with van der Waals surface area (Å²) >= 11 is 0. The van der Waals surface area contributed by atoms with Crippen molar-refractivity contribution in [2.24, 2.45) is 5.92 Å². The molecule has 0 aliphatic carbocycles. The normalized spacial score (nSPS) is 26.3. The van der Waals surface area contributed by atoms with Crippen LogP contribution in [0.25, 0.3) is 0 Å². The van der Waals surface area contributed by atoms with Crippen LogP contribution in [0.15, 0.2) is 18.2 Å². The minimum Gasteiger partial charge on any atom is -0.336 e. The first-order valence-corrected chi connectivity index (χ1v) is 7.28. The first kappa shape index (κ1) is 12.7. The lowest BCUT2D eigenvalue weighted by Crippen LogP contribution is -2.44. The highest BCUT2D eigenvalue weighted by Gasteiger charge is 2.27. The van der Waals surface area contributed by atoms with Gasteiger partial charge in [-0.3, -0.25) is 4.79 Å². The number of benzene rings is 1. The molecule has 3 heteroatoms. The maximum atomic E-state index is 12.6. The van der Waals surface area contributed by atoms with Crippen LogP contribution in [-0.4, -0.2) is 23.4 Å². The molecule has 1 aromatic rings. The van der Waals surface area contributed by atoms with E-state index >= 15 is 0 Å². The number of rotatable bonds is 1. The van der Waals surface area contributed by atoms with Crippen molar-refractivity contribution in [1.29, 1.82) is 0 Å². The number of fused-ring (bicyclic) bond motifs is 1. The third kappa shape index (κ3) is 2.39. The van der Waals surface area contributed by atoms with Crippen LogP contribution in [0.2, 0.25) is 0 Å². The second kappa shape index (κ2) is 4.97. The summed E-state index contributed by atoms with van der Waals surface area (Å²) < 4.78 is 0. The van der Waals surface area contributed by atoms with Gasteiger partial charge < -0.3 is 10.2 Å². The van der Waals surface area contributed by atoms with Gasteiger partial charge >= 0.3 is 0 Å². The van der Waals surface area contributed by atoms with E-state index in [-0.39, 0.29) is 5.91 Å². The van der Waals surface area contributed by atoms with E-state index in [9.17, 15) is 4.79 Å². The van der Waals surface area contributed by atoms with Crippen LogP contribution >= 0.6 is 0 Å². The van der Waals surface area contributed by atoms with Crippen LogP contribution in [0.3, 0.4) is 0 Å². The topological polar surface area (TPSA) is 32.3 Å². The van der Waals surface area contributed by atoms with Crippen molar-refractivity contribution in [3.05, 3.63) is 34.9 Å². The van der Waals surface area contributed by atoms with Crippen molar-refractivity contribution >= 4 is 5.91 Å². The SMILES string of the molecule is CC1CCN(C(=O)c2ccc3c(c2)CNC3)C(C)C1. The summed E-state index contributed by atoms with van der Waals surface area (Å²) in [6.45, 7) is 7.17. The molecule has 2 aliphatic rings. The third-order valence-corrected chi connectivity index (χ3v) is 4.48. The lowest BCUT2D eigenvalue weighted by molar-refractivity contribution is 0.0588. The molecule has 2 heterocycles. The van der Waals surface area contributed by atoms with Gasteiger partial charge in [0.05, 0.1) is 0 Å². The smallest absolute Gasteiger partial charge is 0.254 e. The Morgan fingerprint density at radius 1 is 1.26 bits per heavy atom. The lowest BCUT2D eigenvalue weighted by atomic mass is 9.92. The van der Waals surface area contributed by atoms with Crippen LogP contribution in [0.5, 0.6) is 0 Å². The molecule has 1 N–H and O–H groups in total. The number of hydrogen-bond acceptors (Lipinski definition) is 2. The molecule has 0 spiro atoms. The standard InChI is InChI=1S/C16H22N2O/c1-11-5-6-18(12(2)7-11)16(19)13-3-4-14-9-17-10-15(14)8-13/h3-4,8,11-12,17H,5-7,9-10H2,1-2H3. The Morgan fingerprint density at radius 3 is 2.84 bits per heavy atom. The van der Waals surface area contributed by atoms with E-state index in [0.29, 0.717) is 6.04 Å². The molecule has 102 valence electrons. The van der Waals surface area contributed by atoms with Gasteiger partial charge in [0, 0.05) is 31.2 Å². The van der Waals surface area contributed by atoms with Crippen molar-refractivity contribution in [1.82, 2.24) is 10.2 Å². The summed E-state index contributed by atoms with van der Waals surface area (Å²) in [5.41, 5.74) is 3.46. The summed E-state index contributed by atoms with van der Waals surface area (Å²) in [5.74, 6) is 0.942. The number of hydrogen-bond donors (Lipinski definition) is 1. The van der Waals surface area contributed by atoms with Gasteiger partial charge in [-0.15, -0.1) is 0 Å². The molecule has 2 aliphatic heterocycles. The molecule has 0 saturated carbocycles. The number of nitrogens with one attached hydrogen (secondary N) is 1. The number of piperidine rings is 1. The summed E-state index contributed by atoms with van der Waals surface area (Å²) in [6, 6.07) is 6.52. The van der Waals surface area contributed by atoms with E-state index in [1.54, 1.807) is 0 Å². The van der Waals surface area contributed by atoms with Crippen molar-refractivity contribution in [2.45, 2.75) is 45.8 Å². The van der Waals surface area contributed by atoms with Crippen LogP contribution in [0.4, 0.5) is 0 Å². The fraction of sp³-hybridized carbons (Fsp3) is 0.562. The molecule has 19 heavy (non-hydrogen) atoms. The van der Waals surface area contributed by atoms with Crippen LogP contribution < -0.4 is 5.32 Å².